The third-order valence-electron chi connectivity index (χ3n) is 1.92. The van der Waals surface area contributed by atoms with Crippen molar-refractivity contribution in [1.29, 1.82) is 0 Å². The number of aromatic nitrogens is 2. The van der Waals surface area contributed by atoms with Gasteiger partial charge in [0.15, 0.2) is 0 Å². The molecule has 2 aromatic rings. The molecule has 0 spiro atoms. The van der Waals surface area contributed by atoms with Gasteiger partial charge in [-0.1, -0.05) is 23.2 Å². The SMILES string of the molecule is O=C(Nc1cc(Cl)cc(Cl)c1)c1cnccn1. The molecule has 1 aromatic carbocycles. The van der Waals surface area contributed by atoms with Crippen LogP contribution in [0.25, 0.3) is 0 Å². The van der Waals surface area contributed by atoms with E-state index in [9.17, 15) is 4.79 Å². The molecule has 0 fully saturated rings. The number of halogens is 2. The van der Waals surface area contributed by atoms with Gasteiger partial charge in [-0.3, -0.25) is 9.78 Å². The molecule has 0 aliphatic rings. The number of rotatable bonds is 2. The molecule has 0 atom stereocenters. The first kappa shape index (κ1) is 11.8. The van der Waals surface area contributed by atoms with Gasteiger partial charge in [0.1, 0.15) is 5.69 Å². The molecule has 0 aliphatic heterocycles. The van der Waals surface area contributed by atoms with Crippen LogP contribution < -0.4 is 5.32 Å². The van der Waals surface area contributed by atoms with Crippen LogP contribution in [0.2, 0.25) is 10.0 Å². The summed E-state index contributed by atoms with van der Waals surface area (Å²) in [6.07, 6.45) is 4.31. The highest BCUT2D eigenvalue weighted by Gasteiger charge is 2.08. The molecule has 4 nitrogen and oxygen atoms in total. The van der Waals surface area contributed by atoms with E-state index < -0.39 is 0 Å². The Bertz CT molecular complexity index is 525. The summed E-state index contributed by atoms with van der Waals surface area (Å²) in [6.45, 7) is 0. The fourth-order valence-corrected chi connectivity index (χ4v) is 1.76. The smallest absolute Gasteiger partial charge is 0.275 e. The van der Waals surface area contributed by atoms with Crippen LogP contribution in [0.4, 0.5) is 5.69 Å². The number of benzene rings is 1. The van der Waals surface area contributed by atoms with Crippen molar-refractivity contribution in [2.45, 2.75) is 0 Å². The average molecular weight is 268 g/mol. The van der Waals surface area contributed by atoms with Crippen LogP contribution in [-0.4, -0.2) is 15.9 Å². The maximum atomic E-state index is 11.7. The van der Waals surface area contributed by atoms with Gasteiger partial charge in [-0.25, -0.2) is 4.98 Å². The van der Waals surface area contributed by atoms with E-state index in [2.05, 4.69) is 15.3 Å². The highest BCUT2D eigenvalue weighted by atomic mass is 35.5. The normalized spacial score (nSPS) is 10.0. The van der Waals surface area contributed by atoms with Crippen molar-refractivity contribution in [2.75, 3.05) is 5.32 Å². The topological polar surface area (TPSA) is 54.9 Å². The summed E-state index contributed by atoms with van der Waals surface area (Å²) >= 11 is 11.6. The Morgan fingerprint density at radius 3 is 2.41 bits per heavy atom. The number of carbonyl (C=O) groups is 1. The summed E-state index contributed by atoms with van der Waals surface area (Å²) in [5, 5.41) is 3.53. The van der Waals surface area contributed by atoms with Gasteiger partial charge in [-0.2, -0.15) is 0 Å². The molecule has 0 saturated carbocycles. The van der Waals surface area contributed by atoms with Crippen molar-refractivity contribution in [1.82, 2.24) is 9.97 Å². The molecule has 1 aromatic heterocycles. The van der Waals surface area contributed by atoms with Crippen molar-refractivity contribution in [3.05, 3.63) is 52.5 Å². The fourth-order valence-electron chi connectivity index (χ4n) is 1.24. The van der Waals surface area contributed by atoms with Gasteiger partial charge in [-0.15, -0.1) is 0 Å². The number of anilines is 1. The molecular weight excluding hydrogens is 261 g/mol. The minimum atomic E-state index is -0.364. The summed E-state index contributed by atoms with van der Waals surface area (Å²) in [6, 6.07) is 4.78. The Morgan fingerprint density at radius 1 is 1.12 bits per heavy atom. The van der Waals surface area contributed by atoms with Crippen LogP contribution in [0, 0.1) is 0 Å². The Morgan fingerprint density at radius 2 is 1.82 bits per heavy atom. The maximum absolute atomic E-state index is 11.7. The number of hydrogen-bond donors (Lipinski definition) is 1. The monoisotopic (exact) mass is 267 g/mol. The molecule has 86 valence electrons. The number of carbonyl (C=O) groups excluding carboxylic acids is 1. The van der Waals surface area contributed by atoms with Gasteiger partial charge in [0.2, 0.25) is 0 Å². The van der Waals surface area contributed by atoms with Crippen LogP contribution in [0.15, 0.2) is 36.8 Å². The van der Waals surface area contributed by atoms with Crippen LogP contribution in [0.1, 0.15) is 10.5 Å². The lowest BCUT2D eigenvalue weighted by molar-refractivity contribution is 0.102. The first-order valence-electron chi connectivity index (χ1n) is 4.68. The molecule has 1 amide bonds. The zero-order valence-electron chi connectivity index (χ0n) is 8.52. The molecular formula is C11H7Cl2N3O. The highest BCUT2D eigenvalue weighted by Crippen LogP contribution is 2.22. The Hall–Kier alpha value is -1.65. The van der Waals surface area contributed by atoms with Crippen molar-refractivity contribution in [3.8, 4) is 0 Å². The standard InChI is InChI=1S/C11H7Cl2N3O/c12-7-3-8(13)5-9(4-7)16-11(17)10-6-14-1-2-15-10/h1-6H,(H,16,17). The predicted octanol–water partition coefficient (Wildman–Crippen LogP) is 3.04. The molecule has 6 heteroatoms. The van der Waals surface area contributed by atoms with Gasteiger partial charge in [-0.05, 0) is 18.2 Å². The second-order valence-electron chi connectivity index (χ2n) is 3.20. The van der Waals surface area contributed by atoms with E-state index in [1.807, 2.05) is 0 Å². The first-order valence-corrected chi connectivity index (χ1v) is 5.44. The van der Waals surface area contributed by atoms with E-state index >= 15 is 0 Å². The van der Waals surface area contributed by atoms with Crippen molar-refractivity contribution < 1.29 is 4.79 Å². The largest absolute Gasteiger partial charge is 0.321 e. The predicted molar refractivity (Wildman–Crippen MR) is 66.4 cm³/mol. The molecule has 2 rings (SSSR count). The first-order chi connectivity index (χ1) is 8.15. The lowest BCUT2D eigenvalue weighted by Crippen LogP contribution is -2.13. The summed E-state index contributed by atoms with van der Waals surface area (Å²) in [5.74, 6) is -0.364. The van der Waals surface area contributed by atoms with E-state index in [-0.39, 0.29) is 11.6 Å². The van der Waals surface area contributed by atoms with Crippen LogP contribution in [-0.2, 0) is 0 Å². The number of nitrogens with one attached hydrogen (secondary N) is 1. The van der Waals surface area contributed by atoms with E-state index in [1.54, 1.807) is 18.2 Å². The summed E-state index contributed by atoms with van der Waals surface area (Å²) in [7, 11) is 0. The van der Waals surface area contributed by atoms with E-state index in [4.69, 9.17) is 23.2 Å². The molecule has 0 bridgehead atoms. The molecule has 1 N–H and O–H groups in total. The van der Waals surface area contributed by atoms with Crippen molar-refractivity contribution in [2.24, 2.45) is 0 Å². The van der Waals surface area contributed by atoms with Crippen molar-refractivity contribution in [3.63, 3.8) is 0 Å². The zero-order chi connectivity index (χ0) is 12.3. The second-order valence-corrected chi connectivity index (χ2v) is 4.08. The summed E-state index contributed by atoms with van der Waals surface area (Å²) < 4.78 is 0. The maximum Gasteiger partial charge on any atom is 0.275 e. The van der Waals surface area contributed by atoms with Gasteiger partial charge in [0.25, 0.3) is 5.91 Å². The number of amides is 1. The fraction of sp³-hybridized carbons (Fsp3) is 0. The highest BCUT2D eigenvalue weighted by molar-refractivity contribution is 6.35. The number of hydrogen-bond acceptors (Lipinski definition) is 3. The molecule has 17 heavy (non-hydrogen) atoms. The zero-order valence-corrected chi connectivity index (χ0v) is 10.0. The summed E-state index contributed by atoms with van der Waals surface area (Å²) in [5.41, 5.74) is 0.738. The van der Waals surface area contributed by atoms with Crippen molar-refractivity contribution >= 4 is 34.8 Å². The molecule has 0 unspecified atom stereocenters. The molecule has 0 saturated heterocycles. The third-order valence-corrected chi connectivity index (χ3v) is 2.35. The lowest BCUT2D eigenvalue weighted by Gasteiger charge is -2.05. The Labute approximate surface area is 108 Å². The minimum absolute atomic E-state index is 0.226. The Kier molecular flexibility index (Phi) is 3.56. The quantitative estimate of drug-likeness (QED) is 0.910. The molecule has 1 heterocycles. The third kappa shape index (κ3) is 3.15. The molecule has 0 radical (unpaired) electrons. The van der Waals surface area contributed by atoms with Crippen LogP contribution in [0.5, 0.6) is 0 Å². The Balaban J connectivity index is 2.19. The van der Waals surface area contributed by atoms with Gasteiger partial charge in [0.05, 0.1) is 6.20 Å². The minimum Gasteiger partial charge on any atom is -0.321 e. The lowest BCUT2D eigenvalue weighted by atomic mass is 10.3. The average Bonchev–Trinajstić information content (AvgIpc) is 2.28. The van der Waals surface area contributed by atoms with Gasteiger partial charge < -0.3 is 5.32 Å². The second kappa shape index (κ2) is 5.12. The van der Waals surface area contributed by atoms with Crippen LogP contribution >= 0.6 is 23.2 Å². The van der Waals surface area contributed by atoms with E-state index in [0.29, 0.717) is 15.7 Å². The van der Waals surface area contributed by atoms with E-state index in [0.717, 1.165) is 0 Å². The van der Waals surface area contributed by atoms with E-state index in [1.165, 1.54) is 18.6 Å². The van der Waals surface area contributed by atoms with Gasteiger partial charge >= 0.3 is 0 Å². The summed E-state index contributed by atoms with van der Waals surface area (Å²) in [4.78, 5) is 19.4. The van der Waals surface area contributed by atoms with Gasteiger partial charge in [0, 0.05) is 28.1 Å². The van der Waals surface area contributed by atoms with Crippen LogP contribution in [0.3, 0.4) is 0 Å². The molecule has 0 aliphatic carbocycles. The number of nitrogens with zero attached hydrogens (tertiary/aromatic N) is 2.